The number of hydrogen-bond donors (Lipinski definition) is 2. The second kappa shape index (κ2) is 5.95. The number of benzene rings is 2. The van der Waals surface area contributed by atoms with Gasteiger partial charge in [0.1, 0.15) is 5.75 Å². The van der Waals surface area contributed by atoms with Crippen LogP contribution >= 0.6 is 0 Å². The zero-order chi connectivity index (χ0) is 15.5. The molecule has 21 heavy (non-hydrogen) atoms. The first-order chi connectivity index (χ1) is 9.91. The van der Waals surface area contributed by atoms with Crippen molar-refractivity contribution in [2.75, 3.05) is 18.2 Å². The lowest BCUT2D eigenvalue weighted by atomic mass is 10.1. The summed E-state index contributed by atoms with van der Waals surface area (Å²) in [5.74, 6) is 0.677. The lowest BCUT2D eigenvalue weighted by molar-refractivity contribution is -0.136. The van der Waals surface area contributed by atoms with E-state index in [0.717, 1.165) is 11.6 Å². The molecule has 0 aliphatic heterocycles. The van der Waals surface area contributed by atoms with Gasteiger partial charge in [0.2, 0.25) is 0 Å². The van der Waals surface area contributed by atoms with Gasteiger partial charge in [0, 0.05) is 23.5 Å². The number of alkyl halides is 3. The Kier molecular flexibility index (Phi) is 4.26. The largest absolute Gasteiger partial charge is 0.496 e. The standard InChI is InChI=1S/C15H15F3N2O/c1-21-14-5-3-2-4-10(14)9-20-11-6-7-13(19)12(8-11)15(16,17)18/h2-8,20H,9,19H2,1H3. The number of hydrogen-bond acceptors (Lipinski definition) is 3. The lowest BCUT2D eigenvalue weighted by Gasteiger charge is -2.14. The van der Waals surface area contributed by atoms with E-state index >= 15 is 0 Å². The molecule has 3 nitrogen and oxygen atoms in total. The van der Waals surface area contributed by atoms with Crippen molar-refractivity contribution in [2.24, 2.45) is 0 Å². The molecule has 0 saturated heterocycles. The first kappa shape index (κ1) is 15.0. The van der Waals surface area contributed by atoms with Gasteiger partial charge in [0.15, 0.2) is 0 Å². The summed E-state index contributed by atoms with van der Waals surface area (Å²) in [6, 6.07) is 11.1. The summed E-state index contributed by atoms with van der Waals surface area (Å²) in [6.45, 7) is 0.352. The van der Waals surface area contributed by atoms with Gasteiger partial charge in [-0.3, -0.25) is 0 Å². The van der Waals surface area contributed by atoms with Gasteiger partial charge in [-0.05, 0) is 24.3 Å². The van der Waals surface area contributed by atoms with Gasteiger partial charge >= 0.3 is 6.18 Å². The van der Waals surface area contributed by atoms with Crippen LogP contribution in [-0.4, -0.2) is 7.11 Å². The van der Waals surface area contributed by atoms with E-state index < -0.39 is 11.7 Å². The van der Waals surface area contributed by atoms with Gasteiger partial charge in [-0.25, -0.2) is 0 Å². The van der Waals surface area contributed by atoms with Crippen LogP contribution in [0.4, 0.5) is 24.5 Å². The van der Waals surface area contributed by atoms with E-state index in [1.165, 1.54) is 12.1 Å². The zero-order valence-electron chi connectivity index (χ0n) is 11.4. The van der Waals surface area contributed by atoms with Crippen molar-refractivity contribution in [3.8, 4) is 5.75 Å². The van der Waals surface area contributed by atoms with Crippen LogP contribution in [0.15, 0.2) is 42.5 Å². The van der Waals surface area contributed by atoms with Crippen molar-refractivity contribution >= 4 is 11.4 Å². The maximum Gasteiger partial charge on any atom is 0.418 e. The number of anilines is 2. The smallest absolute Gasteiger partial charge is 0.418 e. The molecule has 2 aromatic carbocycles. The van der Waals surface area contributed by atoms with E-state index in [4.69, 9.17) is 10.5 Å². The number of para-hydroxylation sites is 1. The number of rotatable bonds is 4. The first-order valence-electron chi connectivity index (χ1n) is 6.24. The summed E-state index contributed by atoms with van der Waals surface area (Å²) in [6.07, 6.45) is -4.47. The summed E-state index contributed by atoms with van der Waals surface area (Å²) in [5, 5.41) is 2.94. The fourth-order valence-corrected chi connectivity index (χ4v) is 1.96. The molecule has 0 aliphatic rings. The predicted octanol–water partition coefficient (Wildman–Crippen LogP) is 3.91. The third-order valence-electron chi connectivity index (χ3n) is 3.03. The highest BCUT2D eigenvalue weighted by Gasteiger charge is 2.33. The summed E-state index contributed by atoms with van der Waals surface area (Å²) in [5.41, 5.74) is 5.44. The van der Waals surface area contributed by atoms with Crippen LogP contribution in [0.1, 0.15) is 11.1 Å². The zero-order valence-corrected chi connectivity index (χ0v) is 11.4. The summed E-state index contributed by atoms with van der Waals surface area (Å²) >= 11 is 0. The fraction of sp³-hybridized carbons (Fsp3) is 0.200. The molecular weight excluding hydrogens is 281 g/mol. The number of halogens is 3. The van der Waals surface area contributed by atoms with Crippen molar-refractivity contribution in [3.63, 3.8) is 0 Å². The molecule has 0 spiro atoms. The fourth-order valence-electron chi connectivity index (χ4n) is 1.96. The van der Waals surface area contributed by atoms with E-state index in [9.17, 15) is 13.2 Å². The molecule has 2 aromatic rings. The Hall–Kier alpha value is -2.37. The van der Waals surface area contributed by atoms with E-state index in [2.05, 4.69) is 5.32 Å². The minimum Gasteiger partial charge on any atom is -0.496 e. The Labute approximate surface area is 120 Å². The van der Waals surface area contributed by atoms with Crippen LogP contribution in [0.25, 0.3) is 0 Å². The summed E-state index contributed by atoms with van der Waals surface area (Å²) < 4.78 is 43.5. The van der Waals surface area contributed by atoms with E-state index in [-0.39, 0.29) is 5.69 Å². The van der Waals surface area contributed by atoms with Crippen LogP contribution in [0.3, 0.4) is 0 Å². The van der Waals surface area contributed by atoms with Crippen molar-refractivity contribution in [3.05, 3.63) is 53.6 Å². The van der Waals surface area contributed by atoms with Crippen molar-refractivity contribution in [1.82, 2.24) is 0 Å². The molecule has 0 aromatic heterocycles. The molecule has 0 radical (unpaired) electrons. The van der Waals surface area contributed by atoms with Gasteiger partial charge in [0.05, 0.1) is 12.7 Å². The van der Waals surface area contributed by atoms with Crippen LogP contribution in [-0.2, 0) is 12.7 Å². The molecule has 0 atom stereocenters. The minimum atomic E-state index is -4.47. The molecule has 0 amide bonds. The third kappa shape index (κ3) is 3.59. The van der Waals surface area contributed by atoms with Crippen LogP contribution in [0.2, 0.25) is 0 Å². The molecule has 6 heteroatoms. The third-order valence-corrected chi connectivity index (χ3v) is 3.03. The second-order valence-electron chi connectivity index (χ2n) is 4.47. The van der Waals surface area contributed by atoms with Crippen molar-refractivity contribution in [2.45, 2.75) is 12.7 Å². The van der Waals surface area contributed by atoms with Crippen LogP contribution in [0, 0.1) is 0 Å². The molecule has 0 saturated carbocycles. The van der Waals surface area contributed by atoms with Crippen LogP contribution < -0.4 is 15.8 Å². The average Bonchev–Trinajstić information content (AvgIpc) is 2.45. The number of methoxy groups -OCH3 is 1. The van der Waals surface area contributed by atoms with Gasteiger partial charge in [0.25, 0.3) is 0 Å². The molecule has 112 valence electrons. The van der Waals surface area contributed by atoms with Gasteiger partial charge in [-0.2, -0.15) is 13.2 Å². The number of nitrogens with two attached hydrogens (primary N) is 1. The topological polar surface area (TPSA) is 47.3 Å². The highest BCUT2D eigenvalue weighted by molar-refractivity contribution is 5.58. The summed E-state index contributed by atoms with van der Waals surface area (Å²) in [7, 11) is 1.55. The highest BCUT2D eigenvalue weighted by Crippen LogP contribution is 2.35. The predicted molar refractivity (Wildman–Crippen MR) is 76.2 cm³/mol. The Balaban J connectivity index is 2.17. The SMILES string of the molecule is COc1ccccc1CNc1ccc(N)c(C(F)(F)F)c1. The first-order valence-corrected chi connectivity index (χ1v) is 6.24. The molecule has 3 N–H and O–H groups in total. The quantitative estimate of drug-likeness (QED) is 0.841. The number of nitrogens with one attached hydrogen (secondary N) is 1. The molecule has 0 bridgehead atoms. The molecular formula is C15H15F3N2O. The maximum absolute atomic E-state index is 12.8. The molecule has 0 aliphatic carbocycles. The van der Waals surface area contributed by atoms with Crippen molar-refractivity contribution < 1.29 is 17.9 Å². The number of nitrogen functional groups attached to an aromatic ring is 1. The average molecular weight is 296 g/mol. The van der Waals surface area contributed by atoms with Gasteiger partial charge in [-0.15, -0.1) is 0 Å². The molecule has 0 fully saturated rings. The highest BCUT2D eigenvalue weighted by atomic mass is 19.4. The van der Waals surface area contributed by atoms with Crippen LogP contribution in [0.5, 0.6) is 5.75 Å². The Morgan fingerprint density at radius 2 is 1.86 bits per heavy atom. The Morgan fingerprint density at radius 1 is 1.14 bits per heavy atom. The maximum atomic E-state index is 12.8. The van der Waals surface area contributed by atoms with Gasteiger partial charge < -0.3 is 15.8 Å². The van der Waals surface area contributed by atoms with E-state index in [1.54, 1.807) is 13.2 Å². The minimum absolute atomic E-state index is 0.287. The lowest BCUT2D eigenvalue weighted by Crippen LogP contribution is -2.10. The van der Waals surface area contributed by atoms with E-state index in [0.29, 0.717) is 18.0 Å². The van der Waals surface area contributed by atoms with Crippen molar-refractivity contribution in [1.29, 1.82) is 0 Å². The Morgan fingerprint density at radius 3 is 2.52 bits per heavy atom. The van der Waals surface area contributed by atoms with E-state index in [1.807, 2.05) is 18.2 Å². The molecule has 0 unspecified atom stereocenters. The summed E-state index contributed by atoms with van der Waals surface area (Å²) in [4.78, 5) is 0. The monoisotopic (exact) mass is 296 g/mol. The Bertz CT molecular complexity index is 627. The molecule has 0 heterocycles. The normalized spacial score (nSPS) is 11.2. The molecule has 2 rings (SSSR count). The second-order valence-corrected chi connectivity index (χ2v) is 4.47. The van der Waals surface area contributed by atoms with Gasteiger partial charge in [-0.1, -0.05) is 18.2 Å². The number of ether oxygens (including phenoxy) is 1.